The lowest BCUT2D eigenvalue weighted by Crippen LogP contribution is -2.38. The molecular weight excluding hydrogens is 321 g/mol. The van der Waals surface area contributed by atoms with Gasteiger partial charge in [0.1, 0.15) is 18.2 Å². The van der Waals surface area contributed by atoms with Gasteiger partial charge in [0.15, 0.2) is 0 Å². The van der Waals surface area contributed by atoms with Crippen LogP contribution in [-0.4, -0.2) is 29.0 Å². The number of anilines is 1. The molecular formula is C19H16FN3O2. The van der Waals surface area contributed by atoms with E-state index < -0.39 is 5.82 Å². The van der Waals surface area contributed by atoms with Gasteiger partial charge in [0.05, 0.1) is 34.7 Å². The minimum absolute atomic E-state index is 0.211. The van der Waals surface area contributed by atoms with Crippen molar-refractivity contribution < 1.29 is 13.9 Å². The fraction of sp³-hybridized carbons (Fsp3) is 0.211. The Balaban J connectivity index is 1.76. The summed E-state index contributed by atoms with van der Waals surface area (Å²) in [5.41, 5.74) is 4.04. The highest BCUT2D eigenvalue weighted by Gasteiger charge is 2.25. The van der Waals surface area contributed by atoms with Crippen LogP contribution in [0.25, 0.3) is 11.0 Å². The predicted octanol–water partition coefficient (Wildman–Crippen LogP) is 3.42. The molecule has 1 amide bonds. The molecule has 5 nitrogen and oxygen atoms in total. The van der Waals surface area contributed by atoms with Gasteiger partial charge in [-0.15, -0.1) is 0 Å². The van der Waals surface area contributed by atoms with Crippen molar-refractivity contribution in [2.75, 3.05) is 18.1 Å². The maximum Gasteiger partial charge on any atom is 0.258 e. The molecule has 0 aliphatic carbocycles. The summed E-state index contributed by atoms with van der Waals surface area (Å²) in [5.74, 6) is -0.109. The van der Waals surface area contributed by atoms with Crippen LogP contribution in [0, 0.1) is 19.7 Å². The van der Waals surface area contributed by atoms with Crippen molar-refractivity contribution in [3.05, 3.63) is 59.2 Å². The second kappa shape index (κ2) is 5.81. The lowest BCUT2D eigenvalue weighted by molar-refractivity contribution is 0.0976. The average molecular weight is 337 g/mol. The Morgan fingerprint density at radius 2 is 1.84 bits per heavy atom. The highest BCUT2D eigenvalue weighted by atomic mass is 19.1. The topological polar surface area (TPSA) is 55.3 Å². The SMILES string of the molecule is Cc1nc2ccc(C(=O)N3CCOc4ccc(F)cc43)cc2nc1C. The third kappa shape index (κ3) is 2.69. The smallest absolute Gasteiger partial charge is 0.258 e. The zero-order valence-corrected chi connectivity index (χ0v) is 13.9. The Morgan fingerprint density at radius 3 is 2.64 bits per heavy atom. The maximum atomic E-state index is 13.6. The van der Waals surface area contributed by atoms with Crippen LogP contribution in [0.15, 0.2) is 36.4 Å². The standard InChI is InChI=1S/C19H16FN3O2/c1-11-12(2)22-16-9-13(3-5-15(16)21-11)19(24)23-7-8-25-18-6-4-14(20)10-17(18)23/h3-6,9-10H,7-8H2,1-2H3. The van der Waals surface area contributed by atoms with Gasteiger partial charge < -0.3 is 9.64 Å². The number of fused-ring (bicyclic) bond motifs is 2. The van der Waals surface area contributed by atoms with Gasteiger partial charge in [0.25, 0.3) is 5.91 Å². The first kappa shape index (κ1) is 15.5. The van der Waals surface area contributed by atoms with Gasteiger partial charge in [-0.05, 0) is 44.2 Å². The normalized spacial score (nSPS) is 13.5. The van der Waals surface area contributed by atoms with Crippen LogP contribution in [0.3, 0.4) is 0 Å². The third-order valence-electron chi connectivity index (χ3n) is 4.35. The van der Waals surface area contributed by atoms with Crippen LogP contribution in [0.1, 0.15) is 21.7 Å². The second-order valence-corrected chi connectivity index (χ2v) is 6.02. The Morgan fingerprint density at radius 1 is 1.08 bits per heavy atom. The molecule has 1 aliphatic rings. The fourth-order valence-corrected chi connectivity index (χ4v) is 2.92. The van der Waals surface area contributed by atoms with Crippen molar-refractivity contribution in [2.45, 2.75) is 13.8 Å². The molecule has 0 fully saturated rings. The number of aryl methyl sites for hydroxylation is 2. The summed E-state index contributed by atoms with van der Waals surface area (Å²) in [5, 5.41) is 0. The third-order valence-corrected chi connectivity index (χ3v) is 4.35. The van der Waals surface area contributed by atoms with Gasteiger partial charge in [0, 0.05) is 11.6 Å². The number of aromatic nitrogens is 2. The number of benzene rings is 2. The fourth-order valence-electron chi connectivity index (χ4n) is 2.92. The van der Waals surface area contributed by atoms with E-state index >= 15 is 0 Å². The van der Waals surface area contributed by atoms with Crippen molar-refractivity contribution in [3.8, 4) is 5.75 Å². The van der Waals surface area contributed by atoms with E-state index in [4.69, 9.17) is 4.74 Å². The van der Waals surface area contributed by atoms with E-state index in [-0.39, 0.29) is 5.91 Å². The first-order chi connectivity index (χ1) is 12.0. The second-order valence-electron chi connectivity index (χ2n) is 6.02. The summed E-state index contributed by atoms with van der Waals surface area (Å²) in [6.07, 6.45) is 0. The van der Waals surface area contributed by atoms with Gasteiger partial charge in [-0.25, -0.2) is 14.4 Å². The molecule has 4 rings (SSSR count). The molecule has 2 aromatic carbocycles. The molecule has 6 heteroatoms. The highest BCUT2D eigenvalue weighted by Crippen LogP contribution is 2.33. The molecule has 3 aromatic rings. The highest BCUT2D eigenvalue weighted by molar-refractivity contribution is 6.08. The molecule has 25 heavy (non-hydrogen) atoms. The molecule has 0 saturated carbocycles. The summed E-state index contributed by atoms with van der Waals surface area (Å²) in [4.78, 5) is 23.5. The zero-order chi connectivity index (χ0) is 17.6. The zero-order valence-electron chi connectivity index (χ0n) is 13.9. The van der Waals surface area contributed by atoms with Crippen LogP contribution in [0.5, 0.6) is 5.75 Å². The van der Waals surface area contributed by atoms with Crippen LogP contribution < -0.4 is 9.64 Å². The summed E-state index contributed by atoms with van der Waals surface area (Å²) < 4.78 is 19.1. The number of carbonyl (C=O) groups excluding carboxylic acids is 1. The van der Waals surface area contributed by atoms with E-state index in [9.17, 15) is 9.18 Å². The van der Waals surface area contributed by atoms with Crippen LogP contribution in [-0.2, 0) is 0 Å². The van der Waals surface area contributed by atoms with Crippen molar-refractivity contribution in [3.63, 3.8) is 0 Å². The van der Waals surface area contributed by atoms with Gasteiger partial charge in [-0.2, -0.15) is 0 Å². The molecule has 0 saturated heterocycles. The van der Waals surface area contributed by atoms with E-state index in [0.29, 0.717) is 35.7 Å². The van der Waals surface area contributed by atoms with E-state index in [1.165, 1.54) is 17.0 Å². The summed E-state index contributed by atoms with van der Waals surface area (Å²) >= 11 is 0. The van der Waals surface area contributed by atoms with Crippen molar-refractivity contribution in [2.24, 2.45) is 0 Å². The quantitative estimate of drug-likeness (QED) is 0.683. The number of hydrogen-bond acceptors (Lipinski definition) is 4. The Bertz CT molecular complexity index is 1000. The summed E-state index contributed by atoms with van der Waals surface area (Å²) in [6, 6.07) is 9.43. The number of carbonyl (C=O) groups is 1. The van der Waals surface area contributed by atoms with Crippen LogP contribution >= 0.6 is 0 Å². The minimum Gasteiger partial charge on any atom is -0.490 e. The lowest BCUT2D eigenvalue weighted by atomic mass is 10.1. The van der Waals surface area contributed by atoms with Gasteiger partial charge in [0.2, 0.25) is 0 Å². The molecule has 1 aliphatic heterocycles. The molecule has 2 heterocycles. The average Bonchev–Trinajstić information content (AvgIpc) is 2.61. The Hall–Kier alpha value is -3.02. The number of ether oxygens (including phenoxy) is 1. The first-order valence-corrected chi connectivity index (χ1v) is 8.02. The molecule has 0 radical (unpaired) electrons. The molecule has 0 N–H and O–H groups in total. The molecule has 0 unspecified atom stereocenters. The van der Waals surface area contributed by atoms with Gasteiger partial charge in [-0.1, -0.05) is 0 Å². The number of rotatable bonds is 1. The number of hydrogen-bond donors (Lipinski definition) is 0. The van der Waals surface area contributed by atoms with E-state index in [1.807, 2.05) is 13.8 Å². The van der Waals surface area contributed by atoms with E-state index in [2.05, 4.69) is 9.97 Å². The van der Waals surface area contributed by atoms with Crippen molar-refractivity contribution in [1.29, 1.82) is 0 Å². The lowest BCUT2D eigenvalue weighted by Gasteiger charge is -2.29. The molecule has 0 spiro atoms. The van der Waals surface area contributed by atoms with Crippen LogP contribution in [0.4, 0.5) is 10.1 Å². The van der Waals surface area contributed by atoms with Crippen molar-refractivity contribution in [1.82, 2.24) is 9.97 Å². The molecule has 0 bridgehead atoms. The molecule has 0 atom stereocenters. The summed E-state index contributed by atoms with van der Waals surface area (Å²) in [7, 11) is 0. The largest absolute Gasteiger partial charge is 0.490 e. The van der Waals surface area contributed by atoms with Crippen LogP contribution in [0.2, 0.25) is 0 Å². The first-order valence-electron chi connectivity index (χ1n) is 8.02. The number of amides is 1. The number of nitrogens with zero attached hydrogens (tertiary/aromatic N) is 3. The molecule has 1 aromatic heterocycles. The summed E-state index contributed by atoms with van der Waals surface area (Å²) in [6.45, 7) is 4.53. The maximum absolute atomic E-state index is 13.6. The number of halogens is 1. The minimum atomic E-state index is -0.405. The van der Waals surface area contributed by atoms with Crippen molar-refractivity contribution >= 4 is 22.6 Å². The Kier molecular flexibility index (Phi) is 3.60. The predicted molar refractivity (Wildman–Crippen MR) is 92.6 cm³/mol. The monoisotopic (exact) mass is 337 g/mol. The van der Waals surface area contributed by atoms with Gasteiger partial charge in [-0.3, -0.25) is 4.79 Å². The van der Waals surface area contributed by atoms with E-state index in [0.717, 1.165) is 16.9 Å². The molecule has 126 valence electrons. The van der Waals surface area contributed by atoms with E-state index in [1.54, 1.807) is 24.3 Å². The van der Waals surface area contributed by atoms with Gasteiger partial charge >= 0.3 is 0 Å². The Labute approximate surface area is 144 Å².